The van der Waals surface area contributed by atoms with Gasteiger partial charge in [0.15, 0.2) is 0 Å². The predicted molar refractivity (Wildman–Crippen MR) is 42.6 cm³/mol. The second-order valence-electron chi connectivity index (χ2n) is 1.51. The van der Waals surface area contributed by atoms with Crippen LogP contribution in [0.5, 0.6) is 0 Å². The molecule has 0 atom stereocenters. The van der Waals surface area contributed by atoms with Crippen molar-refractivity contribution < 1.29 is 9.90 Å². The normalized spacial score (nSPS) is 7.27. The lowest BCUT2D eigenvalue weighted by molar-refractivity contribution is 0.0702. The quantitative estimate of drug-likeness (QED) is 0.699. The summed E-state index contributed by atoms with van der Waals surface area (Å²) in [6, 6.07) is 5.04. The Labute approximate surface area is 68.5 Å². The van der Waals surface area contributed by atoms with Crippen LogP contribution < -0.4 is 0 Å². The maximum atomic E-state index is 10.1. The number of nitriles is 1. The van der Waals surface area contributed by atoms with Gasteiger partial charge in [0.1, 0.15) is 4.88 Å². The summed E-state index contributed by atoms with van der Waals surface area (Å²) in [6.45, 7) is 1.43. The van der Waals surface area contributed by atoms with Crippen LogP contribution in [0, 0.1) is 11.3 Å². The van der Waals surface area contributed by atoms with Gasteiger partial charge in [-0.05, 0) is 11.4 Å². The largest absolute Gasteiger partial charge is 0.477 e. The minimum absolute atomic E-state index is 0.394. The zero-order chi connectivity index (χ0) is 8.69. The van der Waals surface area contributed by atoms with Crippen LogP contribution in [-0.2, 0) is 0 Å². The monoisotopic (exact) mass is 169 g/mol. The Morgan fingerprint density at radius 1 is 1.82 bits per heavy atom. The highest BCUT2D eigenvalue weighted by Gasteiger charge is 1.99. The highest BCUT2D eigenvalue weighted by Crippen LogP contribution is 2.06. The molecule has 0 amide bonds. The molecule has 1 aromatic rings. The molecule has 0 fully saturated rings. The summed E-state index contributed by atoms with van der Waals surface area (Å²) in [7, 11) is 0. The molecule has 0 unspecified atom stereocenters. The van der Waals surface area contributed by atoms with Crippen molar-refractivity contribution in [1.82, 2.24) is 0 Å². The van der Waals surface area contributed by atoms with E-state index in [0.717, 1.165) is 0 Å². The van der Waals surface area contributed by atoms with Crippen molar-refractivity contribution in [2.24, 2.45) is 0 Å². The number of carboxylic acid groups (broad SMARTS) is 1. The number of carbonyl (C=O) groups is 1. The molecular weight excluding hydrogens is 162 g/mol. The zero-order valence-electron chi connectivity index (χ0n) is 5.94. The molecule has 1 heterocycles. The molecule has 58 valence electrons. The first-order valence-corrected chi connectivity index (χ1v) is 3.68. The Kier molecular flexibility index (Phi) is 4.78. The smallest absolute Gasteiger partial charge is 0.345 e. The van der Waals surface area contributed by atoms with E-state index < -0.39 is 5.97 Å². The van der Waals surface area contributed by atoms with Gasteiger partial charge in [-0.25, -0.2) is 4.79 Å². The van der Waals surface area contributed by atoms with E-state index in [1.165, 1.54) is 18.3 Å². The Morgan fingerprint density at radius 3 is 2.55 bits per heavy atom. The number of nitrogens with zero attached hydrogens (tertiary/aromatic N) is 1. The van der Waals surface area contributed by atoms with Crippen molar-refractivity contribution in [3.63, 3.8) is 0 Å². The Morgan fingerprint density at radius 2 is 2.36 bits per heavy atom. The molecule has 0 radical (unpaired) electrons. The topological polar surface area (TPSA) is 61.1 Å². The van der Waals surface area contributed by atoms with Gasteiger partial charge < -0.3 is 5.11 Å². The number of thiophene rings is 1. The first-order chi connectivity index (χ1) is 5.22. The second kappa shape index (κ2) is 5.45. The van der Waals surface area contributed by atoms with Crippen LogP contribution in [0.4, 0.5) is 0 Å². The Hall–Kier alpha value is -1.34. The Balaban J connectivity index is 0.000000292. The first-order valence-electron chi connectivity index (χ1n) is 2.80. The first kappa shape index (κ1) is 9.66. The highest BCUT2D eigenvalue weighted by molar-refractivity contribution is 7.11. The van der Waals surface area contributed by atoms with Crippen LogP contribution in [0.1, 0.15) is 16.6 Å². The van der Waals surface area contributed by atoms with Crippen molar-refractivity contribution in [2.75, 3.05) is 0 Å². The van der Waals surface area contributed by atoms with Gasteiger partial charge in [0, 0.05) is 6.92 Å². The van der Waals surface area contributed by atoms with Gasteiger partial charge >= 0.3 is 5.97 Å². The molecule has 3 nitrogen and oxygen atoms in total. The average molecular weight is 169 g/mol. The molecule has 0 saturated heterocycles. The second-order valence-corrected chi connectivity index (χ2v) is 2.45. The van der Waals surface area contributed by atoms with Gasteiger partial charge in [-0.3, -0.25) is 0 Å². The van der Waals surface area contributed by atoms with E-state index in [1.807, 2.05) is 0 Å². The lowest BCUT2D eigenvalue weighted by Crippen LogP contribution is -1.89. The van der Waals surface area contributed by atoms with Crippen molar-refractivity contribution in [2.45, 2.75) is 6.92 Å². The van der Waals surface area contributed by atoms with Crippen LogP contribution >= 0.6 is 11.3 Å². The number of carboxylic acids is 1. The van der Waals surface area contributed by atoms with Gasteiger partial charge in [0.05, 0.1) is 6.07 Å². The molecule has 0 spiro atoms. The summed E-state index contributed by atoms with van der Waals surface area (Å²) in [6.07, 6.45) is 0. The van der Waals surface area contributed by atoms with Crippen molar-refractivity contribution in [1.29, 1.82) is 5.26 Å². The lowest BCUT2D eigenvalue weighted by atomic mass is 10.5. The lowest BCUT2D eigenvalue weighted by Gasteiger charge is -1.78. The molecule has 0 aliphatic carbocycles. The van der Waals surface area contributed by atoms with Crippen LogP contribution in [0.3, 0.4) is 0 Å². The molecule has 0 aliphatic rings. The summed E-state index contributed by atoms with van der Waals surface area (Å²) in [5.41, 5.74) is 0. The molecule has 11 heavy (non-hydrogen) atoms. The molecule has 0 bridgehead atoms. The fraction of sp³-hybridized carbons (Fsp3) is 0.143. The molecule has 4 heteroatoms. The summed E-state index contributed by atoms with van der Waals surface area (Å²) < 4.78 is 0. The number of rotatable bonds is 1. The van der Waals surface area contributed by atoms with Gasteiger partial charge in [-0.15, -0.1) is 11.3 Å². The highest BCUT2D eigenvalue weighted by atomic mass is 32.1. The third-order valence-corrected chi connectivity index (χ3v) is 1.59. The molecule has 1 aromatic heterocycles. The van der Waals surface area contributed by atoms with E-state index in [2.05, 4.69) is 0 Å². The average Bonchev–Trinajstić information content (AvgIpc) is 2.38. The predicted octanol–water partition coefficient (Wildman–Crippen LogP) is 1.98. The van der Waals surface area contributed by atoms with E-state index in [4.69, 9.17) is 10.4 Å². The number of hydrogen-bond acceptors (Lipinski definition) is 3. The SMILES string of the molecule is CC#N.O=C(O)c1cccs1. The van der Waals surface area contributed by atoms with E-state index in [9.17, 15) is 4.79 Å². The zero-order valence-corrected chi connectivity index (χ0v) is 6.76. The summed E-state index contributed by atoms with van der Waals surface area (Å²) in [5, 5.41) is 17.3. The molecule has 0 aromatic carbocycles. The van der Waals surface area contributed by atoms with Crippen molar-refractivity contribution in [3.05, 3.63) is 22.4 Å². The van der Waals surface area contributed by atoms with Gasteiger partial charge in [-0.2, -0.15) is 5.26 Å². The van der Waals surface area contributed by atoms with Crippen molar-refractivity contribution in [3.8, 4) is 6.07 Å². The van der Waals surface area contributed by atoms with Gasteiger partial charge in [0.25, 0.3) is 0 Å². The molecule has 0 saturated carbocycles. The molecular formula is C7H7NO2S. The van der Waals surface area contributed by atoms with Gasteiger partial charge in [0.2, 0.25) is 0 Å². The number of hydrogen-bond donors (Lipinski definition) is 1. The minimum Gasteiger partial charge on any atom is -0.477 e. The van der Waals surface area contributed by atoms with E-state index in [-0.39, 0.29) is 0 Å². The number of aromatic carboxylic acids is 1. The summed E-state index contributed by atoms with van der Waals surface area (Å²) in [5.74, 6) is -0.847. The van der Waals surface area contributed by atoms with Gasteiger partial charge in [-0.1, -0.05) is 6.07 Å². The van der Waals surface area contributed by atoms with Crippen LogP contribution in [0.2, 0.25) is 0 Å². The summed E-state index contributed by atoms with van der Waals surface area (Å²) in [4.78, 5) is 10.5. The van der Waals surface area contributed by atoms with Crippen LogP contribution in [0.25, 0.3) is 0 Å². The standard InChI is InChI=1S/C5H4O2S.C2H3N/c6-5(7)4-2-1-3-8-4;1-2-3/h1-3H,(H,6,7);1H3. The minimum atomic E-state index is -0.847. The van der Waals surface area contributed by atoms with Crippen LogP contribution in [-0.4, -0.2) is 11.1 Å². The van der Waals surface area contributed by atoms with Crippen molar-refractivity contribution >= 4 is 17.3 Å². The summed E-state index contributed by atoms with van der Waals surface area (Å²) >= 11 is 1.23. The molecule has 1 rings (SSSR count). The Bertz CT molecular complexity index is 248. The fourth-order valence-corrected chi connectivity index (χ4v) is 0.962. The maximum Gasteiger partial charge on any atom is 0.345 e. The van der Waals surface area contributed by atoms with Crippen LogP contribution in [0.15, 0.2) is 17.5 Å². The van der Waals surface area contributed by atoms with E-state index in [0.29, 0.717) is 4.88 Å². The molecule has 0 aliphatic heterocycles. The van der Waals surface area contributed by atoms with E-state index >= 15 is 0 Å². The molecule has 1 N–H and O–H groups in total. The third kappa shape index (κ3) is 4.12. The third-order valence-electron chi connectivity index (χ3n) is 0.732. The van der Waals surface area contributed by atoms with E-state index in [1.54, 1.807) is 23.6 Å². The fourth-order valence-electron chi connectivity index (χ4n) is 0.400. The maximum absolute atomic E-state index is 10.1.